The maximum atomic E-state index is 13.2. The van der Waals surface area contributed by atoms with Crippen molar-refractivity contribution in [3.63, 3.8) is 0 Å². The molecule has 1 atom stereocenters. The van der Waals surface area contributed by atoms with Crippen molar-refractivity contribution in [3.8, 4) is 0 Å². The van der Waals surface area contributed by atoms with Crippen molar-refractivity contribution in [2.24, 2.45) is 5.73 Å². The topological polar surface area (TPSA) is 63.3 Å². The summed E-state index contributed by atoms with van der Waals surface area (Å²) in [6, 6.07) is 3.35. The van der Waals surface area contributed by atoms with E-state index in [9.17, 15) is 9.18 Å². The molecule has 3 N–H and O–H groups in total. The number of aliphatic carboxylic acids is 1. The van der Waals surface area contributed by atoms with Crippen LogP contribution in [-0.2, 0) is 10.5 Å². The van der Waals surface area contributed by atoms with Crippen molar-refractivity contribution in [2.45, 2.75) is 11.8 Å². The van der Waals surface area contributed by atoms with Gasteiger partial charge in [0.1, 0.15) is 11.9 Å². The first-order chi connectivity index (χ1) is 7.50. The average molecular weight is 264 g/mol. The third-order valence-electron chi connectivity index (χ3n) is 1.88. The molecule has 3 nitrogen and oxygen atoms in total. The van der Waals surface area contributed by atoms with E-state index in [-0.39, 0.29) is 11.6 Å². The Morgan fingerprint density at radius 1 is 1.62 bits per heavy atom. The Balaban J connectivity index is 2.48. The predicted octanol–water partition coefficient (Wildman–Crippen LogP) is 2.12. The summed E-state index contributed by atoms with van der Waals surface area (Å²) in [4.78, 5) is 10.4. The zero-order valence-corrected chi connectivity index (χ0v) is 9.89. The number of carboxylic acid groups (broad SMARTS) is 1. The summed E-state index contributed by atoms with van der Waals surface area (Å²) in [7, 11) is 0. The molecule has 6 heteroatoms. The van der Waals surface area contributed by atoms with Crippen molar-refractivity contribution >= 4 is 29.3 Å². The van der Waals surface area contributed by atoms with Gasteiger partial charge in [0.05, 0.1) is 0 Å². The highest BCUT2D eigenvalue weighted by molar-refractivity contribution is 7.98. The molecule has 0 heterocycles. The van der Waals surface area contributed by atoms with Crippen LogP contribution in [0.5, 0.6) is 0 Å². The molecule has 0 aromatic heterocycles. The SMILES string of the molecule is N[C@@H](CSCc1cc(Cl)ccc1F)C(=O)O. The molecule has 1 rings (SSSR count). The van der Waals surface area contributed by atoms with Crippen LogP contribution >= 0.6 is 23.4 Å². The molecule has 0 fully saturated rings. The van der Waals surface area contributed by atoms with Crippen LogP contribution in [0.3, 0.4) is 0 Å². The van der Waals surface area contributed by atoms with Gasteiger partial charge in [-0.1, -0.05) is 11.6 Å². The lowest BCUT2D eigenvalue weighted by Gasteiger charge is -2.06. The van der Waals surface area contributed by atoms with Crippen LogP contribution in [-0.4, -0.2) is 22.9 Å². The van der Waals surface area contributed by atoms with Crippen LogP contribution in [0, 0.1) is 5.82 Å². The van der Waals surface area contributed by atoms with Crippen LogP contribution in [0.15, 0.2) is 18.2 Å². The quantitative estimate of drug-likeness (QED) is 0.854. The van der Waals surface area contributed by atoms with Crippen LogP contribution in [0.25, 0.3) is 0 Å². The lowest BCUT2D eigenvalue weighted by molar-refractivity contribution is -0.137. The van der Waals surface area contributed by atoms with Crippen LogP contribution in [0.2, 0.25) is 5.02 Å². The molecule has 1 aromatic carbocycles. The summed E-state index contributed by atoms with van der Waals surface area (Å²) in [6.07, 6.45) is 0. The second-order valence-corrected chi connectivity index (χ2v) is 4.66. The number of thioether (sulfide) groups is 1. The van der Waals surface area contributed by atoms with Gasteiger partial charge in [0, 0.05) is 16.5 Å². The molecule has 0 aliphatic heterocycles. The van der Waals surface area contributed by atoms with Gasteiger partial charge in [0.15, 0.2) is 0 Å². The summed E-state index contributed by atoms with van der Waals surface area (Å²) >= 11 is 6.98. The normalized spacial score (nSPS) is 12.4. The lowest BCUT2D eigenvalue weighted by atomic mass is 10.2. The minimum Gasteiger partial charge on any atom is -0.480 e. The maximum Gasteiger partial charge on any atom is 0.321 e. The fourth-order valence-electron chi connectivity index (χ4n) is 1.02. The minimum absolute atomic E-state index is 0.237. The molecule has 0 saturated heterocycles. The van der Waals surface area contributed by atoms with Crippen LogP contribution < -0.4 is 5.73 Å². The smallest absolute Gasteiger partial charge is 0.321 e. The van der Waals surface area contributed by atoms with Crippen LogP contribution in [0.1, 0.15) is 5.56 Å². The molecule has 0 saturated carbocycles. The molecule has 0 unspecified atom stereocenters. The molecule has 0 aliphatic rings. The first kappa shape index (κ1) is 13.3. The molecule has 16 heavy (non-hydrogen) atoms. The highest BCUT2D eigenvalue weighted by Crippen LogP contribution is 2.20. The molecule has 1 aromatic rings. The van der Waals surface area contributed by atoms with E-state index >= 15 is 0 Å². The highest BCUT2D eigenvalue weighted by atomic mass is 35.5. The molecule has 0 bridgehead atoms. The van der Waals surface area contributed by atoms with Gasteiger partial charge in [0.2, 0.25) is 0 Å². The first-order valence-corrected chi connectivity index (χ1v) is 6.04. The molecule has 0 spiro atoms. The zero-order chi connectivity index (χ0) is 12.1. The standard InChI is InChI=1S/C10H11ClFNO2S/c11-7-1-2-8(12)6(3-7)4-16-5-9(13)10(14)15/h1-3,9H,4-5,13H2,(H,14,15)/t9-/m0/s1. The van der Waals surface area contributed by atoms with Gasteiger partial charge in [-0.15, -0.1) is 0 Å². The number of benzene rings is 1. The predicted molar refractivity (Wildman–Crippen MR) is 63.2 cm³/mol. The van der Waals surface area contributed by atoms with E-state index in [1.165, 1.54) is 30.0 Å². The molecular weight excluding hydrogens is 253 g/mol. The van der Waals surface area contributed by atoms with Gasteiger partial charge in [-0.25, -0.2) is 4.39 Å². The number of rotatable bonds is 5. The fraction of sp³-hybridized carbons (Fsp3) is 0.300. The molecule has 0 radical (unpaired) electrons. The van der Waals surface area contributed by atoms with E-state index in [1.54, 1.807) is 0 Å². The van der Waals surface area contributed by atoms with Crippen LogP contribution in [0.4, 0.5) is 4.39 Å². The third kappa shape index (κ3) is 4.00. The summed E-state index contributed by atoms with van der Waals surface area (Å²) in [5, 5.41) is 9.00. The molecule has 0 amide bonds. The third-order valence-corrected chi connectivity index (χ3v) is 3.22. The Bertz CT molecular complexity index is 389. The summed E-state index contributed by atoms with van der Waals surface area (Å²) < 4.78 is 13.2. The minimum atomic E-state index is -1.06. The van der Waals surface area contributed by atoms with Crippen molar-refractivity contribution in [3.05, 3.63) is 34.6 Å². The van der Waals surface area contributed by atoms with Crippen molar-refractivity contribution < 1.29 is 14.3 Å². The van der Waals surface area contributed by atoms with Gasteiger partial charge in [-0.05, 0) is 23.8 Å². The average Bonchev–Trinajstić information content (AvgIpc) is 2.22. The van der Waals surface area contributed by atoms with Gasteiger partial charge >= 0.3 is 5.97 Å². The van der Waals surface area contributed by atoms with Gasteiger partial charge in [-0.3, -0.25) is 4.79 Å². The van der Waals surface area contributed by atoms with E-state index in [0.717, 1.165) is 0 Å². The van der Waals surface area contributed by atoms with E-state index in [4.69, 9.17) is 22.4 Å². The lowest BCUT2D eigenvalue weighted by Crippen LogP contribution is -2.32. The number of carboxylic acids is 1. The fourth-order valence-corrected chi connectivity index (χ4v) is 2.17. The number of hydrogen-bond donors (Lipinski definition) is 2. The van der Waals surface area contributed by atoms with E-state index in [0.29, 0.717) is 16.3 Å². The number of nitrogens with two attached hydrogens (primary N) is 1. The van der Waals surface area contributed by atoms with Crippen molar-refractivity contribution in [1.29, 1.82) is 0 Å². The largest absolute Gasteiger partial charge is 0.480 e. The van der Waals surface area contributed by atoms with Gasteiger partial charge < -0.3 is 10.8 Å². The Hall–Kier alpha value is -0.780. The van der Waals surface area contributed by atoms with Crippen molar-refractivity contribution in [1.82, 2.24) is 0 Å². The van der Waals surface area contributed by atoms with E-state index in [2.05, 4.69) is 0 Å². The van der Waals surface area contributed by atoms with Gasteiger partial charge in [0.25, 0.3) is 0 Å². The Kier molecular flexibility index (Phi) is 5.05. The molecule has 88 valence electrons. The molecule has 0 aliphatic carbocycles. The number of halogens is 2. The summed E-state index contributed by atoms with van der Waals surface area (Å²) in [5.74, 6) is -0.811. The highest BCUT2D eigenvalue weighted by Gasteiger charge is 2.11. The monoisotopic (exact) mass is 263 g/mol. The number of hydrogen-bond acceptors (Lipinski definition) is 3. The summed E-state index contributed by atoms with van der Waals surface area (Å²) in [6.45, 7) is 0. The van der Waals surface area contributed by atoms with Crippen molar-refractivity contribution in [2.75, 3.05) is 5.75 Å². The zero-order valence-electron chi connectivity index (χ0n) is 8.32. The molecular formula is C10H11ClFNO2S. The second kappa shape index (κ2) is 6.08. The summed E-state index contributed by atoms with van der Waals surface area (Å²) in [5.41, 5.74) is 5.76. The Labute approximate surface area is 102 Å². The first-order valence-electron chi connectivity index (χ1n) is 4.50. The maximum absolute atomic E-state index is 13.2. The van der Waals surface area contributed by atoms with E-state index in [1.807, 2.05) is 0 Å². The number of carbonyl (C=O) groups is 1. The Morgan fingerprint density at radius 2 is 2.31 bits per heavy atom. The Morgan fingerprint density at radius 3 is 2.94 bits per heavy atom. The van der Waals surface area contributed by atoms with E-state index < -0.39 is 12.0 Å². The second-order valence-electron chi connectivity index (χ2n) is 3.20. The van der Waals surface area contributed by atoms with Gasteiger partial charge in [-0.2, -0.15) is 11.8 Å².